The molecule has 0 radical (unpaired) electrons. The van der Waals surface area contributed by atoms with Crippen molar-refractivity contribution in [1.29, 1.82) is 0 Å². The topological polar surface area (TPSA) is 20.2 Å². The fourth-order valence-corrected chi connectivity index (χ4v) is 2.34. The predicted octanol–water partition coefficient (Wildman–Crippen LogP) is 3.55. The van der Waals surface area contributed by atoms with Gasteiger partial charge in [-0.1, -0.05) is 11.6 Å². The van der Waals surface area contributed by atoms with Crippen molar-refractivity contribution in [2.45, 2.75) is 4.90 Å². The Bertz CT molecular complexity index is 436. The highest BCUT2D eigenvalue weighted by molar-refractivity contribution is 7.80. The highest BCUT2D eigenvalue weighted by Crippen LogP contribution is 2.39. The number of halogens is 1. The average molecular weight is 217 g/mol. The van der Waals surface area contributed by atoms with Crippen molar-refractivity contribution in [2.75, 3.05) is 0 Å². The van der Waals surface area contributed by atoms with Crippen molar-refractivity contribution in [2.24, 2.45) is 0 Å². The molecule has 0 spiro atoms. The van der Waals surface area contributed by atoms with Gasteiger partial charge < -0.3 is 5.11 Å². The molecule has 1 nitrogen and oxygen atoms in total. The molecule has 0 aliphatic rings. The highest BCUT2D eigenvalue weighted by atomic mass is 35.5. The quantitative estimate of drug-likeness (QED) is 0.646. The Morgan fingerprint density at radius 3 is 3.00 bits per heavy atom. The number of aromatic hydroxyl groups is 1. The molecule has 1 aromatic heterocycles. The molecule has 62 valence electrons. The van der Waals surface area contributed by atoms with Crippen LogP contribution in [0.4, 0.5) is 0 Å². The first kappa shape index (κ1) is 8.23. The third kappa shape index (κ3) is 1.09. The van der Waals surface area contributed by atoms with E-state index in [4.69, 9.17) is 11.6 Å². The molecule has 0 saturated carbocycles. The van der Waals surface area contributed by atoms with Crippen molar-refractivity contribution in [1.82, 2.24) is 0 Å². The largest absolute Gasteiger partial charge is 0.505 e. The first-order valence-electron chi connectivity index (χ1n) is 3.28. The SMILES string of the molecule is Oc1c(S)c(Cl)cc2ccsc12. The van der Waals surface area contributed by atoms with E-state index >= 15 is 0 Å². The second kappa shape index (κ2) is 2.83. The van der Waals surface area contributed by atoms with Crippen LogP contribution in [-0.4, -0.2) is 5.11 Å². The van der Waals surface area contributed by atoms with Gasteiger partial charge in [0, 0.05) is 0 Å². The van der Waals surface area contributed by atoms with Crippen LogP contribution in [0, 0.1) is 0 Å². The highest BCUT2D eigenvalue weighted by Gasteiger charge is 2.08. The number of thiol groups is 1. The maximum Gasteiger partial charge on any atom is 0.148 e. The molecule has 12 heavy (non-hydrogen) atoms. The van der Waals surface area contributed by atoms with Gasteiger partial charge in [0.05, 0.1) is 14.6 Å². The van der Waals surface area contributed by atoms with Gasteiger partial charge in [-0.15, -0.1) is 24.0 Å². The van der Waals surface area contributed by atoms with Crippen molar-refractivity contribution >= 4 is 45.7 Å². The third-order valence-corrected chi connectivity index (χ3v) is 3.46. The van der Waals surface area contributed by atoms with Crippen LogP contribution in [0.25, 0.3) is 10.1 Å². The number of rotatable bonds is 0. The van der Waals surface area contributed by atoms with E-state index in [1.54, 1.807) is 6.07 Å². The Balaban J connectivity index is 2.94. The summed E-state index contributed by atoms with van der Waals surface area (Å²) in [5.41, 5.74) is 0. The van der Waals surface area contributed by atoms with Gasteiger partial charge in [0.15, 0.2) is 0 Å². The summed E-state index contributed by atoms with van der Waals surface area (Å²) >= 11 is 11.4. The van der Waals surface area contributed by atoms with Crippen molar-refractivity contribution in [3.05, 3.63) is 22.5 Å². The van der Waals surface area contributed by atoms with Crippen LogP contribution < -0.4 is 0 Å². The number of thiophene rings is 1. The van der Waals surface area contributed by atoms with Crippen LogP contribution in [0.2, 0.25) is 5.02 Å². The third-order valence-electron chi connectivity index (χ3n) is 1.64. The molecule has 0 saturated heterocycles. The second-order valence-corrected chi connectivity index (χ2v) is 4.17. The van der Waals surface area contributed by atoms with E-state index in [-0.39, 0.29) is 5.75 Å². The van der Waals surface area contributed by atoms with Crippen molar-refractivity contribution in [3.8, 4) is 5.75 Å². The van der Waals surface area contributed by atoms with E-state index in [2.05, 4.69) is 12.6 Å². The Morgan fingerprint density at radius 1 is 1.50 bits per heavy atom. The lowest BCUT2D eigenvalue weighted by molar-refractivity contribution is 0.470. The maximum absolute atomic E-state index is 9.58. The molecule has 0 fully saturated rings. The number of benzene rings is 1. The predicted molar refractivity (Wildman–Crippen MR) is 55.8 cm³/mol. The van der Waals surface area contributed by atoms with Crippen LogP contribution in [0.5, 0.6) is 5.75 Å². The van der Waals surface area contributed by atoms with Crippen LogP contribution in [0.15, 0.2) is 22.4 Å². The molecular formula is C8H5ClOS2. The molecule has 0 unspecified atom stereocenters. The fraction of sp³-hybridized carbons (Fsp3) is 0. The Morgan fingerprint density at radius 2 is 2.25 bits per heavy atom. The fourth-order valence-electron chi connectivity index (χ4n) is 1.05. The Hall–Kier alpha value is -0.380. The van der Waals surface area contributed by atoms with E-state index in [1.807, 2.05) is 11.4 Å². The molecule has 2 rings (SSSR count). The molecule has 0 atom stereocenters. The zero-order valence-electron chi connectivity index (χ0n) is 5.91. The van der Waals surface area contributed by atoms with Crippen LogP contribution in [-0.2, 0) is 0 Å². The minimum absolute atomic E-state index is 0.177. The summed E-state index contributed by atoms with van der Waals surface area (Å²) in [6.45, 7) is 0. The molecule has 0 aliphatic heterocycles. The number of fused-ring (bicyclic) bond motifs is 1. The van der Waals surface area contributed by atoms with Gasteiger partial charge in [0.1, 0.15) is 5.75 Å². The summed E-state index contributed by atoms with van der Waals surface area (Å²) in [7, 11) is 0. The Labute approximate surface area is 84.0 Å². The van der Waals surface area contributed by atoms with Gasteiger partial charge in [-0.2, -0.15) is 0 Å². The second-order valence-electron chi connectivity index (χ2n) is 2.39. The summed E-state index contributed by atoms with van der Waals surface area (Å²) in [6, 6.07) is 3.72. The molecule has 0 bridgehead atoms. The number of phenolic OH excluding ortho intramolecular Hbond substituents is 1. The van der Waals surface area contributed by atoms with Crippen molar-refractivity contribution in [3.63, 3.8) is 0 Å². The normalized spacial score (nSPS) is 10.8. The molecule has 0 aliphatic carbocycles. The molecule has 2 aromatic rings. The molecular weight excluding hydrogens is 212 g/mol. The minimum atomic E-state index is 0.177. The molecule has 1 heterocycles. The molecule has 4 heteroatoms. The zero-order valence-corrected chi connectivity index (χ0v) is 8.38. The summed E-state index contributed by atoms with van der Waals surface area (Å²) in [4.78, 5) is 0.451. The van der Waals surface area contributed by atoms with E-state index < -0.39 is 0 Å². The molecule has 1 N–H and O–H groups in total. The maximum atomic E-state index is 9.58. The minimum Gasteiger partial charge on any atom is -0.505 e. The van der Waals surface area contributed by atoms with Gasteiger partial charge in [-0.05, 0) is 22.9 Å². The summed E-state index contributed by atoms with van der Waals surface area (Å²) in [6.07, 6.45) is 0. The summed E-state index contributed by atoms with van der Waals surface area (Å²) < 4.78 is 0.837. The van der Waals surface area contributed by atoms with Gasteiger partial charge in [0.2, 0.25) is 0 Å². The first-order valence-corrected chi connectivity index (χ1v) is 4.98. The lowest BCUT2D eigenvalue weighted by Gasteiger charge is -2.00. The van der Waals surface area contributed by atoms with Gasteiger partial charge >= 0.3 is 0 Å². The monoisotopic (exact) mass is 216 g/mol. The lowest BCUT2D eigenvalue weighted by Crippen LogP contribution is -1.72. The average Bonchev–Trinajstić information content (AvgIpc) is 2.48. The number of hydrogen-bond acceptors (Lipinski definition) is 3. The first-order chi connectivity index (χ1) is 5.70. The van der Waals surface area contributed by atoms with Gasteiger partial charge in [0.25, 0.3) is 0 Å². The van der Waals surface area contributed by atoms with Gasteiger partial charge in [-0.25, -0.2) is 0 Å². The lowest BCUT2D eigenvalue weighted by atomic mass is 10.2. The van der Waals surface area contributed by atoms with E-state index in [0.717, 1.165) is 10.1 Å². The zero-order chi connectivity index (χ0) is 8.72. The Kier molecular flexibility index (Phi) is 1.94. The van der Waals surface area contributed by atoms with Crippen LogP contribution >= 0.6 is 35.6 Å². The van der Waals surface area contributed by atoms with Crippen LogP contribution in [0.3, 0.4) is 0 Å². The van der Waals surface area contributed by atoms with E-state index in [0.29, 0.717) is 9.92 Å². The number of phenols is 1. The molecule has 0 amide bonds. The van der Waals surface area contributed by atoms with Gasteiger partial charge in [-0.3, -0.25) is 0 Å². The van der Waals surface area contributed by atoms with Crippen LogP contribution in [0.1, 0.15) is 0 Å². The van der Waals surface area contributed by atoms with E-state index in [9.17, 15) is 5.11 Å². The smallest absolute Gasteiger partial charge is 0.148 e. The standard InChI is InChI=1S/C8H5ClOS2/c9-5-3-4-1-2-12-8(4)6(10)7(5)11/h1-3,10-11H. The molecule has 1 aromatic carbocycles. The number of hydrogen-bond donors (Lipinski definition) is 2. The van der Waals surface area contributed by atoms with E-state index in [1.165, 1.54) is 11.3 Å². The summed E-state index contributed by atoms with van der Waals surface area (Å²) in [5, 5.41) is 12.9. The summed E-state index contributed by atoms with van der Waals surface area (Å²) in [5.74, 6) is 0.177. The van der Waals surface area contributed by atoms with Crippen molar-refractivity contribution < 1.29 is 5.11 Å².